The minimum Gasteiger partial charge on any atom is -0.467 e. The third kappa shape index (κ3) is 7.53. The van der Waals surface area contributed by atoms with Crippen molar-refractivity contribution < 1.29 is 18.7 Å². The van der Waals surface area contributed by atoms with Crippen LogP contribution in [0.4, 0.5) is 0 Å². The van der Waals surface area contributed by atoms with Crippen molar-refractivity contribution in [3.05, 3.63) is 24.2 Å². The van der Waals surface area contributed by atoms with Gasteiger partial charge >= 0.3 is 5.97 Å². The molecule has 2 heterocycles. The molecule has 2 rings (SSSR count). The summed E-state index contributed by atoms with van der Waals surface area (Å²) in [5.74, 6) is 1.50. The van der Waals surface area contributed by atoms with Gasteiger partial charge in [-0.1, -0.05) is 0 Å². The van der Waals surface area contributed by atoms with E-state index in [1.165, 1.54) is 0 Å². The first kappa shape index (κ1) is 22.8. The molecule has 1 atom stereocenters. The molecule has 1 fully saturated rings. The molecule has 1 aromatic rings. The van der Waals surface area contributed by atoms with E-state index < -0.39 is 0 Å². The molecule has 0 radical (unpaired) electrons. The fourth-order valence-electron chi connectivity index (χ4n) is 2.90. The van der Waals surface area contributed by atoms with E-state index >= 15 is 0 Å². The molecular formula is C18H30IN3O4. The molecule has 7 nitrogen and oxygen atoms in total. The van der Waals surface area contributed by atoms with Crippen molar-refractivity contribution in [3.8, 4) is 0 Å². The maximum Gasteiger partial charge on any atom is 0.310 e. The Balaban J connectivity index is 0.00000338. The highest BCUT2D eigenvalue weighted by molar-refractivity contribution is 14.0. The lowest BCUT2D eigenvalue weighted by atomic mass is 9.98. The number of hydrogen-bond acceptors (Lipinski definition) is 5. The van der Waals surface area contributed by atoms with Gasteiger partial charge in [-0.3, -0.25) is 9.79 Å². The zero-order valence-electron chi connectivity index (χ0n) is 15.6. The van der Waals surface area contributed by atoms with Gasteiger partial charge in [-0.05, 0) is 38.3 Å². The molecule has 1 aliphatic rings. The van der Waals surface area contributed by atoms with Gasteiger partial charge in [0.15, 0.2) is 5.96 Å². The molecular weight excluding hydrogens is 449 g/mol. The van der Waals surface area contributed by atoms with Gasteiger partial charge in [-0.15, -0.1) is 24.0 Å². The molecule has 1 N–H and O–H groups in total. The zero-order valence-corrected chi connectivity index (χ0v) is 17.9. The summed E-state index contributed by atoms with van der Waals surface area (Å²) in [6, 6.07) is 3.75. The van der Waals surface area contributed by atoms with Crippen LogP contribution in [-0.2, 0) is 20.9 Å². The Labute approximate surface area is 172 Å². The smallest absolute Gasteiger partial charge is 0.310 e. The Hall–Kier alpha value is -1.29. The largest absolute Gasteiger partial charge is 0.467 e. The fraction of sp³-hybridized carbons (Fsp3) is 0.667. The zero-order chi connectivity index (χ0) is 17.9. The summed E-state index contributed by atoms with van der Waals surface area (Å²) in [6.45, 7) is 5.75. The van der Waals surface area contributed by atoms with Crippen LogP contribution in [0.3, 0.4) is 0 Å². The Morgan fingerprint density at radius 1 is 1.50 bits per heavy atom. The van der Waals surface area contributed by atoms with E-state index in [4.69, 9.17) is 13.9 Å². The highest BCUT2D eigenvalue weighted by atomic mass is 127. The summed E-state index contributed by atoms with van der Waals surface area (Å²) in [4.78, 5) is 18.4. The van der Waals surface area contributed by atoms with E-state index in [2.05, 4.69) is 15.2 Å². The number of esters is 1. The third-order valence-electron chi connectivity index (χ3n) is 4.13. The number of furan rings is 1. The van der Waals surface area contributed by atoms with E-state index in [0.29, 0.717) is 26.4 Å². The van der Waals surface area contributed by atoms with Crippen LogP contribution in [0.5, 0.6) is 0 Å². The van der Waals surface area contributed by atoms with Crippen molar-refractivity contribution in [2.45, 2.75) is 32.8 Å². The molecule has 148 valence electrons. The lowest BCUT2D eigenvalue weighted by Gasteiger charge is -2.33. The molecule has 1 saturated heterocycles. The number of halogens is 1. The van der Waals surface area contributed by atoms with Crippen LogP contribution in [0.25, 0.3) is 0 Å². The van der Waals surface area contributed by atoms with Gasteiger partial charge in [0.1, 0.15) is 12.4 Å². The average Bonchev–Trinajstić information content (AvgIpc) is 3.15. The first-order valence-corrected chi connectivity index (χ1v) is 8.97. The number of aliphatic imine (C=N–C) groups is 1. The number of rotatable bonds is 8. The molecule has 26 heavy (non-hydrogen) atoms. The van der Waals surface area contributed by atoms with Gasteiger partial charge in [0.2, 0.25) is 0 Å². The van der Waals surface area contributed by atoms with Gasteiger partial charge in [0.25, 0.3) is 0 Å². The average molecular weight is 479 g/mol. The number of piperidine rings is 1. The lowest BCUT2D eigenvalue weighted by molar-refractivity contribution is -0.149. The molecule has 8 heteroatoms. The Morgan fingerprint density at radius 2 is 2.35 bits per heavy atom. The normalized spacial score (nSPS) is 17.5. The second-order valence-corrected chi connectivity index (χ2v) is 6.00. The minimum absolute atomic E-state index is 0. The van der Waals surface area contributed by atoms with E-state index in [-0.39, 0.29) is 35.9 Å². The van der Waals surface area contributed by atoms with E-state index in [1.807, 2.05) is 19.1 Å². The van der Waals surface area contributed by atoms with Crippen LogP contribution < -0.4 is 5.32 Å². The molecule has 0 aliphatic carbocycles. The van der Waals surface area contributed by atoms with E-state index in [0.717, 1.165) is 44.1 Å². The lowest BCUT2D eigenvalue weighted by Crippen LogP contribution is -2.48. The molecule has 0 unspecified atom stereocenters. The number of ether oxygens (including phenoxy) is 2. The number of hydrogen-bond donors (Lipinski definition) is 1. The molecule has 1 aliphatic heterocycles. The summed E-state index contributed by atoms with van der Waals surface area (Å²) in [7, 11) is 1.77. The maximum absolute atomic E-state index is 12.0. The molecule has 0 amide bonds. The van der Waals surface area contributed by atoms with Crippen molar-refractivity contribution in [2.75, 3.05) is 39.9 Å². The first-order valence-electron chi connectivity index (χ1n) is 8.97. The topological polar surface area (TPSA) is 76.3 Å². The standard InChI is InChI=1S/C18H29N3O4.HI/c1-3-24-17(22)15-7-4-10-21(13-15)18(19-2)20-9-6-11-23-14-16-8-5-12-25-16;/h5,8,12,15H,3-4,6-7,9-11,13-14H2,1-2H3,(H,19,20);1H/t15-;/m0./s1. The Kier molecular flexibility index (Phi) is 11.3. The van der Waals surface area contributed by atoms with Gasteiger partial charge in [-0.25, -0.2) is 0 Å². The molecule has 0 aromatic carbocycles. The molecule has 0 bridgehead atoms. The van der Waals surface area contributed by atoms with Gasteiger partial charge in [0.05, 0.1) is 18.8 Å². The number of carbonyl (C=O) groups excluding carboxylic acids is 1. The Bertz CT molecular complexity index is 537. The van der Waals surface area contributed by atoms with Crippen LogP contribution in [0.1, 0.15) is 31.9 Å². The van der Waals surface area contributed by atoms with Crippen molar-refractivity contribution in [1.82, 2.24) is 10.2 Å². The van der Waals surface area contributed by atoms with Crippen molar-refractivity contribution in [2.24, 2.45) is 10.9 Å². The number of nitrogens with zero attached hydrogens (tertiary/aromatic N) is 2. The van der Waals surface area contributed by atoms with E-state index in [9.17, 15) is 4.79 Å². The van der Waals surface area contributed by atoms with Crippen LogP contribution in [0.15, 0.2) is 27.8 Å². The summed E-state index contributed by atoms with van der Waals surface area (Å²) in [6.07, 6.45) is 4.37. The van der Waals surface area contributed by atoms with Crippen LogP contribution in [-0.4, -0.2) is 56.7 Å². The SMILES string of the molecule is CCOC(=O)[C@H]1CCCN(C(=NC)NCCCOCc2ccco2)C1.I. The third-order valence-corrected chi connectivity index (χ3v) is 4.13. The van der Waals surface area contributed by atoms with E-state index in [1.54, 1.807) is 13.3 Å². The van der Waals surface area contributed by atoms with Crippen LogP contribution in [0.2, 0.25) is 0 Å². The predicted octanol–water partition coefficient (Wildman–Crippen LogP) is 2.65. The molecule has 1 aromatic heterocycles. The number of guanidine groups is 1. The molecule has 0 spiro atoms. The van der Waals surface area contributed by atoms with Gasteiger partial charge < -0.3 is 24.1 Å². The predicted molar refractivity (Wildman–Crippen MR) is 111 cm³/mol. The Morgan fingerprint density at radius 3 is 3.04 bits per heavy atom. The van der Waals surface area contributed by atoms with Crippen LogP contribution in [0, 0.1) is 5.92 Å². The number of likely N-dealkylation sites (tertiary alicyclic amines) is 1. The maximum atomic E-state index is 12.0. The summed E-state index contributed by atoms with van der Waals surface area (Å²) in [5.41, 5.74) is 0. The first-order chi connectivity index (χ1) is 12.2. The van der Waals surface area contributed by atoms with Crippen LogP contribution >= 0.6 is 24.0 Å². The van der Waals surface area contributed by atoms with Crippen molar-refractivity contribution >= 4 is 35.9 Å². The second kappa shape index (κ2) is 13.0. The number of nitrogens with one attached hydrogen (secondary N) is 1. The summed E-state index contributed by atoms with van der Waals surface area (Å²) in [5, 5.41) is 3.34. The monoisotopic (exact) mass is 479 g/mol. The highest BCUT2D eigenvalue weighted by Gasteiger charge is 2.28. The van der Waals surface area contributed by atoms with Crippen molar-refractivity contribution in [3.63, 3.8) is 0 Å². The molecule has 0 saturated carbocycles. The summed E-state index contributed by atoms with van der Waals surface area (Å²) < 4.78 is 15.9. The second-order valence-electron chi connectivity index (χ2n) is 6.00. The minimum atomic E-state index is -0.103. The highest BCUT2D eigenvalue weighted by Crippen LogP contribution is 2.18. The fourth-order valence-corrected chi connectivity index (χ4v) is 2.90. The van der Waals surface area contributed by atoms with Gasteiger partial charge in [0, 0.05) is 33.3 Å². The number of carbonyl (C=O) groups is 1. The summed E-state index contributed by atoms with van der Waals surface area (Å²) >= 11 is 0. The van der Waals surface area contributed by atoms with Gasteiger partial charge in [-0.2, -0.15) is 0 Å². The van der Waals surface area contributed by atoms with Crippen molar-refractivity contribution in [1.29, 1.82) is 0 Å². The quantitative estimate of drug-likeness (QED) is 0.203.